The number of carbonyl (C=O) groups is 1. The first-order valence-corrected chi connectivity index (χ1v) is 9.62. The summed E-state index contributed by atoms with van der Waals surface area (Å²) < 4.78 is 10.8. The minimum atomic E-state index is -1.14. The molecule has 0 saturated carbocycles. The zero-order valence-corrected chi connectivity index (χ0v) is 17.5. The number of H-pyrrole nitrogens is 2. The largest absolute Gasteiger partial charge is 0.490 e. The summed E-state index contributed by atoms with van der Waals surface area (Å²) in [6.07, 6.45) is 2.57. The zero-order valence-electron chi connectivity index (χ0n) is 17.5. The lowest BCUT2D eigenvalue weighted by Crippen LogP contribution is -2.25. The summed E-state index contributed by atoms with van der Waals surface area (Å²) in [7, 11) is 0. The number of carbonyl (C=O) groups excluding carboxylic acids is 1. The maximum Gasteiger partial charge on any atom is 0.357 e. The number of non-ortho nitro benzene ring substituents is 1. The fourth-order valence-corrected chi connectivity index (χ4v) is 2.84. The van der Waals surface area contributed by atoms with E-state index in [2.05, 4.69) is 4.98 Å². The highest BCUT2D eigenvalue weighted by Crippen LogP contribution is 2.30. The van der Waals surface area contributed by atoms with Crippen molar-refractivity contribution < 1.29 is 24.1 Å². The molecule has 13 heteroatoms. The quantitative estimate of drug-likeness (QED) is 0.217. The number of ether oxygens (including phenoxy) is 2. The summed E-state index contributed by atoms with van der Waals surface area (Å²) >= 11 is 0. The predicted molar refractivity (Wildman–Crippen MR) is 119 cm³/mol. The molecule has 0 radical (unpaired) electrons. The number of nitrogens with zero attached hydrogens (tertiary/aromatic N) is 2. The SMILES string of the molecule is CCOc1cc(/C=C/c2[nH]c(=O)[nH]c(=O)c2[N+](=O)[O-])ccc1OC(=O)c1ccc([N+](=O)[O-])cc1. The van der Waals surface area contributed by atoms with Crippen molar-refractivity contribution in [3.8, 4) is 11.5 Å². The number of nitrogens with one attached hydrogen (secondary N) is 2. The minimum absolute atomic E-state index is 0.0675. The number of aromatic amines is 2. The number of benzene rings is 2. The molecular formula is C21H16N4O9. The molecule has 13 nitrogen and oxygen atoms in total. The van der Waals surface area contributed by atoms with Crippen LogP contribution in [0.25, 0.3) is 12.2 Å². The van der Waals surface area contributed by atoms with Gasteiger partial charge in [0, 0.05) is 12.1 Å². The van der Waals surface area contributed by atoms with Crippen molar-refractivity contribution >= 4 is 29.5 Å². The molecular weight excluding hydrogens is 452 g/mol. The first kappa shape index (κ1) is 23.6. The van der Waals surface area contributed by atoms with Crippen molar-refractivity contribution in [1.82, 2.24) is 9.97 Å². The van der Waals surface area contributed by atoms with Crippen LogP contribution in [0.4, 0.5) is 11.4 Å². The van der Waals surface area contributed by atoms with E-state index in [0.29, 0.717) is 5.56 Å². The normalized spacial score (nSPS) is 10.7. The van der Waals surface area contributed by atoms with Gasteiger partial charge in [-0.2, -0.15) is 0 Å². The van der Waals surface area contributed by atoms with E-state index in [0.717, 1.165) is 0 Å². The maximum atomic E-state index is 12.4. The summed E-state index contributed by atoms with van der Waals surface area (Å²) in [5.41, 5.74) is -2.81. The molecule has 2 aromatic carbocycles. The molecule has 0 bridgehead atoms. The predicted octanol–water partition coefficient (Wildman–Crippen LogP) is 2.67. The van der Waals surface area contributed by atoms with E-state index in [4.69, 9.17) is 9.47 Å². The molecule has 0 amide bonds. The number of nitro benzene ring substituents is 1. The summed E-state index contributed by atoms with van der Waals surface area (Å²) in [6.45, 7) is 1.93. The van der Waals surface area contributed by atoms with Crippen LogP contribution in [0.1, 0.15) is 28.5 Å². The van der Waals surface area contributed by atoms with Crippen LogP contribution >= 0.6 is 0 Å². The molecule has 0 aliphatic heterocycles. The van der Waals surface area contributed by atoms with Gasteiger partial charge in [0.25, 0.3) is 5.69 Å². The van der Waals surface area contributed by atoms with Crippen LogP contribution in [0.3, 0.4) is 0 Å². The van der Waals surface area contributed by atoms with Crippen LogP contribution in [0.5, 0.6) is 11.5 Å². The van der Waals surface area contributed by atoms with E-state index < -0.39 is 32.8 Å². The van der Waals surface area contributed by atoms with Crippen molar-refractivity contribution in [2.75, 3.05) is 6.61 Å². The van der Waals surface area contributed by atoms with Crippen molar-refractivity contribution in [2.45, 2.75) is 6.92 Å². The third kappa shape index (κ3) is 5.40. The second kappa shape index (κ2) is 10.0. The van der Waals surface area contributed by atoms with E-state index in [9.17, 15) is 34.6 Å². The van der Waals surface area contributed by atoms with Gasteiger partial charge in [0.05, 0.1) is 22.0 Å². The van der Waals surface area contributed by atoms with Gasteiger partial charge in [0.15, 0.2) is 11.5 Å². The van der Waals surface area contributed by atoms with Gasteiger partial charge in [0.1, 0.15) is 5.69 Å². The average molecular weight is 468 g/mol. The Morgan fingerprint density at radius 3 is 2.29 bits per heavy atom. The van der Waals surface area contributed by atoms with E-state index in [1.165, 1.54) is 54.6 Å². The zero-order chi connectivity index (χ0) is 24.8. The molecule has 174 valence electrons. The van der Waals surface area contributed by atoms with Crippen molar-refractivity contribution in [3.63, 3.8) is 0 Å². The highest BCUT2D eigenvalue weighted by molar-refractivity contribution is 5.91. The van der Waals surface area contributed by atoms with Crippen molar-refractivity contribution in [3.05, 3.63) is 100 Å². The fourth-order valence-electron chi connectivity index (χ4n) is 2.84. The van der Waals surface area contributed by atoms with Crippen LogP contribution in [0, 0.1) is 20.2 Å². The van der Waals surface area contributed by atoms with Gasteiger partial charge < -0.3 is 14.5 Å². The Balaban J connectivity index is 1.88. The van der Waals surface area contributed by atoms with Crippen molar-refractivity contribution in [1.29, 1.82) is 0 Å². The highest BCUT2D eigenvalue weighted by atomic mass is 16.6. The van der Waals surface area contributed by atoms with Crippen LogP contribution in [0.15, 0.2) is 52.1 Å². The minimum Gasteiger partial charge on any atom is -0.490 e. The molecule has 1 heterocycles. The fraction of sp³-hybridized carbons (Fsp3) is 0.0952. The summed E-state index contributed by atoms with van der Waals surface area (Å²) in [5, 5.41) is 21.9. The Bertz CT molecular complexity index is 1400. The van der Waals surface area contributed by atoms with Crippen LogP contribution < -0.4 is 20.7 Å². The van der Waals surface area contributed by atoms with Gasteiger partial charge in [0.2, 0.25) is 0 Å². The maximum absolute atomic E-state index is 12.4. The molecule has 0 saturated heterocycles. The second-order valence-electron chi connectivity index (χ2n) is 6.59. The first-order chi connectivity index (χ1) is 16.2. The Morgan fingerprint density at radius 1 is 0.971 bits per heavy atom. The summed E-state index contributed by atoms with van der Waals surface area (Å²) in [6, 6.07) is 9.27. The number of hydrogen-bond acceptors (Lipinski definition) is 9. The topological polar surface area (TPSA) is 188 Å². The van der Waals surface area contributed by atoms with Crippen LogP contribution in [-0.2, 0) is 0 Å². The number of esters is 1. The molecule has 34 heavy (non-hydrogen) atoms. The molecule has 0 atom stereocenters. The highest BCUT2D eigenvalue weighted by Gasteiger charge is 2.19. The van der Waals surface area contributed by atoms with E-state index in [-0.39, 0.29) is 35.1 Å². The molecule has 0 spiro atoms. The monoisotopic (exact) mass is 468 g/mol. The molecule has 2 N–H and O–H groups in total. The van der Waals surface area contributed by atoms with E-state index in [1.807, 2.05) is 0 Å². The van der Waals surface area contributed by atoms with Gasteiger partial charge in [-0.1, -0.05) is 12.1 Å². The lowest BCUT2D eigenvalue weighted by molar-refractivity contribution is -0.386. The third-order valence-corrected chi connectivity index (χ3v) is 4.35. The Kier molecular flexibility index (Phi) is 6.96. The van der Waals surface area contributed by atoms with Gasteiger partial charge in [-0.25, -0.2) is 9.59 Å². The van der Waals surface area contributed by atoms with Gasteiger partial charge >= 0.3 is 22.9 Å². The molecule has 0 aliphatic carbocycles. The average Bonchev–Trinajstić information content (AvgIpc) is 2.78. The molecule has 0 fully saturated rings. The summed E-state index contributed by atoms with van der Waals surface area (Å²) in [4.78, 5) is 60.0. The lowest BCUT2D eigenvalue weighted by Gasteiger charge is -2.11. The van der Waals surface area contributed by atoms with Gasteiger partial charge in [-0.15, -0.1) is 0 Å². The number of hydrogen-bond donors (Lipinski definition) is 2. The number of rotatable bonds is 8. The third-order valence-electron chi connectivity index (χ3n) is 4.35. The smallest absolute Gasteiger partial charge is 0.357 e. The molecule has 1 aromatic heterocycles. The number of nitro groups is 2. The van der Waals surface area contributed by atoms with E-state index in [1.54, 1.807) is 11.9 Å². The molecule has 3 aromatic rings. The summed E-state index contributed by atoms with van der Waals surface area (Å²) in [5.74, 6) is -0.525. The van der Waals surface area contributed by atoms with E-state index >= 15 is 0 Å². The molecule has 0 unspecified atom stereocenters. The Morgan fingerprint density at radius 2 is 1.68 bits per heavy atom. The molecule has 0 aliphatic rings. The standard InChI is InChI=1S/C21H16N4O9/c1-2-33-17-11-12(3-9-15-18(25(31)32)19(26)23-21(28)22-15)4-10-16(17)34-20(27)13-5-7-14(8-6-13)24(29)30/h3-11H,2H2,1H3,(H2,22,23,26,28)/b9-3+. The number of aromatic nitrogens is 2. The lowest BCUT2D eigenvalue weighted by atomic mass is 10.1. The molecule has 3 rings (SSSR count). The first-order valence-electron chi connectivity index (χ1n) is 9.62. The second-order valence-corrected chi connectivity index (χ2v) is 6.59. The van der Waals surface area contributed by atoms with Crippen molar-refractivity contribution in [2.24, 2.45) is 0 Å². The van der Waals surface area contributed by atoms with Crippen LogP contribution in [0.2, 0.25) is 0 Å². The Hall–Kier alpha value is -5.07. The Labute approximate surface area is 189 Å². The van der Waals surface area contributed by atoms with Gasteiger partial charge in [-0.05, 0) is 42.8 Å². The van der Waals surface area contributed by atoms with Crippen LogP contribution in [-0.4, -0.2) is 32.4 Å². The van der Waals surface area contributed by atoms with Gasteiger partial charge in [-0.3, -0.25) is 30.0 Å².